The van der Waals surface area contributed by atoms with Crippen LogP contribution in [0.25, 0.3) is 16.6 Å². The lowest BCUT2D eigenvalue weighted by Crippen LogP contribution is -2.34. The first kappa shape index (κ1) is 27.9. The molecule has 10 heteroatoms. The number of hydrogen-bond donors (Lipinski definition) is 0. The summed E-state index contributed by atoms with van der Waals surface area (Å²) in [5.74, 6) is -0.0228. The molecule has 4 aromatic rings. The number of benzene rings is 3. The lowest BCUT2D eigenvalue weighted by atomic mass is 9.98. The van der Waals surface area contributed by atoms with Crippen molar-refractivity contribution in [2.24, 2.45) is 0 Å². The van der Waals surface area contributed by atoms with Crippen LogP contribution in [0.4, 0.5) is 4.39 Å². The van der Waals surface area contributed by atoms with Gasteiger partial charge in [0.05, 0.1) is 48.5 Å². The molecule has 7 rings (SSSR count). The summed E-state index contributed by atoms with van der Waals surface area (Å²) in [5.41, 5.74) is 4.62. The number of fused-ring (bicyclic) bond motifs is 2. The standard InChI is InChI=1S/C33H31ClFN3O5/c1-33(25-8-7-22(34)17-26(25)35)42-29-5-3-4-24(31(29)43-33)20-10-13-37(14-11-20)19-30-36-27-9-6-21(32(39)40-2)16-28(27)38(30)18-23-12-15-41-23/h3-10,16-17,23H,11-15,18-19H2,1-2H3/t23-,33?/m0/s1. The van der Waals surface area contributed by atoms with Crippen LogP contribution in [-0.4, -0.2) is 53.3 Å². The van der Waals surface area contributed by atoms with Crippen LogP contribution in [0.2, 0.25) is 5.02 Å². The number of carbonyl (C=O) groups is 1. The van der Waals surface area contributed by atoms with Gasteiger partial charge in [-0.15, -0.1) is 0 Å². The van der Waals surface area contributed by atoms with Crippen molar-refractivity contribution < 1.29 is 28.1 Å². The fourth-order valence-electron chi connectivity index (χ4n) is 6.02. The molecule has 1 fully saturated rings. The fraction of sp³-hybridized carbons (Fsp3) is 0.333. The number of methoxy groups -OCH3 is 1. The summed E-state index contributed by atoms with van der Waals surface area (Å²) in [6.07, 6.45) is 4.14. The summed E-state index contributed by atoms with van der Waals surface area (Å²) >= 11 is 5.97. The monoisotopic (exact) mass is 603 g/mol. The van der Waals surface area contributed by atoms with Gasteiger partial charge in [0.15, 0.2) is 11.5 Å². The second-order valence-corrected chi connectivity index (χ2v) is 11.7. The Hall–Kier alpha value is -3.92. The smallest absolute Gasteiger partial charge is 0.337 e. The van der Waals surface area contributed by atoms with Crippen molar-refractivity contribution in [3.8, 4) is 11.5 Å². The number of rotatable bonds is 7. The van der Waals surface area contributed by atoms with Crippen LogP contribution < -0.4 is 9.47 Å². The lowest BCUT2D eigenvalue weighted by Gasteiger charge is -2.29. The number of halogens is 2. The summed E-state index contributed by atoms with van der Waals surface area (Å²) in [6, 6.07) is 15.8. The van der Waals surface area contributed by atoms with Crippen molar-refractivity contribution in [2.75, 3.05) is 26.8 Å². The van der Waals surface area contributed by atoms with Gasteiger partial charge in [-0.1, -0.05) is 29.8 Å². The van der Waals surface area contributed by atoms with Crippen LogP contribution in [0.15, 0.2) is 60.7 Å². The van der Waals surface area contributed by atoms with Crippen LogP contribution in [0, 0.1) is 5.82 Å². The zero-order chi connectivity index (χ0) is 29.7. The van der Waals surface area contributed by atoms with Gasteiger partial charge in [-0.2, -0.15) is 0 Å². The summed E-state index contributed by atoms with van der Waals surface area (Å²) in [5, 5.41) is 0.316. The molecule has 43 heavy (non-hydrogen) atoms. The first-order chi connectivity index (χ1) is 20.8. The molecule has 8 nitrogen and oxygen atoms in total. The predicted octanol–water partition coefficient (Wildman–Crippen LogP) is 6.34. The molecule has 4 heterocycles. The molecule has 222 valence electrons. The van der Waals surface area contributed by atoms with Crippen LogP contribution in [0.1, 0.15) is 47.1 Å². The molecular formula is C33H31ClFN3O5. The lowest BCUT2D eigenvalue weighted by molar-refractivity contribution is -0.0708. The van der Waals surface area contributed by atoms with E-state index >= 15 is 0 Å². The Labute approximate surface area is 253 Å². The van der Waals surface area contributed by atoms with Gasteiger partial charge in [0.1, 0.15) is 11.6 Å². The minimum absolute atomic E-state index is 0.139. The fourth-order valence-corrected chi connectivity index (χ4v) is 6.18. The zero-order valence-electron chi connectivity index (χ0n) is 23.9. The van der Waals surface area contributed by atoms with Gasteiger partial charge in [-0.05, 0) is 60.9 Å². The first-order valence-electron chi connectivity index (χ1n) is 14.4. The average Bonchev–Trinajstić information content (AvgIpc) is 3.51. The second kappa shape index (κ2) is 11.0. The SMILES string of the molecule is COC(=O)c1ccc2nc(CN3CC=C(c4cccc5c4OC(C)(c4ccc(Cl)cc4F)O5)CC3)n(C[C@@H]3CCO3)c2c1. The van der Waals surface area contributed by atoms with E-state index < -0.39 is 11.6 Å². The molecule has 0 bridgehead atoms. The number of hydrogen-bond acceptors (Lipinski definition) is 7. The van der Waals surface area contributed by atoms with Crippen molar-refractivity contribution in [1.29, 1.82) is 0 Å². The third-order valence-electron chi connectivity index (χ3n) is 8.43. The Morgan fingerprint density at radius 3 is 2.77 bits per heavy atom. The van der Waals surface area contributed by atoms with Crippen molar-refractivity contribution in [1.82, 2.24) is 14.5 Å². The highest BCUT2D eigenvalue weighted by molar-refractivity contribution is 6.30. The van der Waals surface area contributed by atoms with Gasteiger partial charge >= 0.3 is 5.97 Å². The molecule has 0 amide bonds. The normalized spacial score (nSPS) is 21.5. The van der Waals surface area contributed by atoms with Gasteiger partial charge in [0.25, 0.3) is 5.79 Å². The van der Waals surface area contributed by atoms with Crippen molar-refractivity contribution in [3.63, 3.8) is 0 Å². The third-order valence-corrected chi connectivity index (χ3v) is 8.67. The van der Waals surface area contributed by atoms with Crippen molar-refractivity contribution >= 4 is 34.2 Å². The number of carbonyl (C=O) groups excluding carboxylic acids is 1. The van der Waals surface area contributed by atoms with Crippen LogP contribution in [0.5, 0.6) is 11.5 Å². The number of para-hydroxylation sites is 1. The average molecular weight is 604 g/mol. The Balaban J connectivity index is 1.12. The molecule has 0 N–H and O–H groups in total. The van der Waals surface area contributed by atoms with Crippen LogP contribution in [-0.2, 0) is 28.4 Å². The molecule has 0 radical (unpaired) electrons. The van der Waals surface area contributed by atoms with E-state index in [0.717, 1.165) is 60.5 Å². The largest absolute Gasteiger partial charge is 0.465 e. The molecule has 1 saturated heterocycles. The van der Waals surface area contributed by atoms with Crippen LogP contribution >= 0.6 is 11.6 Å². The van der Waals surface area contributed by atoms with Gasteiger partial charge in [0.2, 0.25) is 0 Å². The number of imidazole rings is 1. The molecule has 0 spiro atoms. The predicted molar refractivity (Wildman–Crippen MR) is 160 cm³/mol. The first-order valence-corrected chi connectivity index (χ1v) is 14.8. The van der Waals surface area contributed by atoms with E-state index in [1.807, 2.05) is 30.3 Å². The number of esters is 1. The van der Waals surface area contributed by atoms with E-state index in [1.165, 1.54) is 13.2 Å². The molecule has 1 aromatic heterocycles. The number of ether oxygens (including phenoxy) is 4. The Kier molecular flexibility index (Phi) is 7.12. The number of nitrogens with zero attached hydrogens (tertiary/aromatic N) is 3. The van der Waals surface area contributed by atoms with E-state index in [0.29, 0.717) is 35.2 Å². The summed E-state index contributed by atoms with van der Waals surface area (Å²) < 4.78 is 40.2. The van der Waals surface area contributed by atoms with E-state index in [2.05, 4.69) is 15.5 Å². The molecule has 1 unspecified atom stereocenters. The maximum absolute atomic E-state index is 14.8. The van der Waals surface area contributed by atoms with Gasteiger partial charge in [0, 0.05) is 37.2 Å². The molecular weight excluding hydrogens is 573 g/mol. The Bertz CT molecular complexity index is 1770. The Morgan fingerprint density at radius 2 is 2.05 bits per heavy atom. The van der Waals surface area contributed by atoms with E-state index in [4.69, 9.17) is 35.5 Å². The summed E-state index contributed by atoms with van der Waals surface area (Å²) in [4.78, 5) is 19.5. The topological polar surface area (TPSA) is 75.0 Å². The molecule has 3 aromatic carbocycles. The molecule has 2 atom stereocenters. The quantitative estimate of drug-likeness (QED) is 0.228. The van der Waals surface area contributed by atoms with Gasteiger partial charge in [-0.3, -0.25) is 4.90 Å². The maximum Gasteiger partial charge on any atom is 0.337 e. The Morgan fingerprint density at radius 1 is 1.19 bits per heavy atom. The van der Waals surface area contributed by atoms with E-state index in [9.17, 15) is 9.18 Å². The highest BCUT2D eigenvalue weighted by Crippen LogP contribution is 2.49. The second-order valence-electron chi connectivity index (χ2n) is 11.2. The minimum atomic E-state index is -1.30. The molecule has 3 aliphatic rings. The van der Waals surface area contributed by atoms with Gasteiger partial charge in [-0.25, -0.2) is 14.2 Å². The van der Waals surface area contributed by atoms with Crippen molar-refractivity contribution in [2.45, 2.75) is 44.7 Å². The number of aromatic nitrogens is 2. The molecule has 3 aliphatic heterocycles. The molecule has 0 aliphatic carbocycles. The zero-order valence-corrected chi connectivity index (χ0v) is 24.7. The van der Waals surface area contributed by atoms with Crippen LogP contribution in [0.3, 0.4) is 0 Å². The van der Waals surface area contributed by atoms with E-state index in [-0.39, 0.29) is 17.6 Å². The van der Waals surface area contributed by atoms with Gasteiger partial charge < -0.3 is 23.5 Å². The minimum Gasteiger partial charge on any atom is -0.465 e. The summed E-state index contributed by atoms with van der Waals surface area (Å²) in [7, 11) is 1.39. The summed E-state index contributed by atoms with van der Waals surface area (Å²) in [6.45, 7) is 5.36. The van der Waals surface area contributed by atoms with E-state index in [1.54, 1.807) is 25.1 Å². The highest BCUT2D eigenvalue weighted by atomic mass is 35.5. The maximum atomic E-state index is 14.8. The molecule has 0 saturated carbocycles. The van der Waals surface area contributed by atoms with Crippen molar-refractivity contribution in [3.05, 3.63) is 94.0 Å². The third kappa shape index (κ3) is 5.15. The highest BCUT2D eigenvalue weighted by Gasteiger charge is 2.42.